The van der Waals surface area contributed by atoms with E-state index in [1.54, 1.807) is 16.9 Å². The van der Waals surface area contributed by atoms with Crippen LogP contribution in [0.4, 0.5) is 0 Å². The third kappa shape index (κ3) is 2.94. The maximum absolute atomic E-state index is 12.5. The van der Waals surface area contributed by atoms with Crippen LogP contribution in [0, 0.1) is 0 Å². The molecular weight excluding hydrogens is 288 g/mol. The van der Waals surface area contributed by atoms with E-state index >= 15 is 0 Å². The van der Waals surface area contributed by atoms with E-state index < -0.39 is 0 Å². The van der Waals surface area contributed by atoms with Crippen molar-refractivity contribution in [1.29, 1.82) is 0 Å². The van der Waals surface area contributed by atoms with E-state index in [9.17, 15) is 4.79 Å². The number of carbonyl (C=O) groups excluding carboxylic acids is 1. The molecule has 1 aromatic heterocycles. The van der Waals surface area contributed by atoms with E-state index in [1.807, 2.05) is 36.1 Å². The molecule has 1 aliphatic rings. The van der Waals surface area contributed by atoms with Gasteiger partial charge in [0.05, 0.1) is 5.69 Å². The van der Waals surface area contributed by atoms with E-state index in [-0.39, 0.29) is 11.9 Å². The highest BCUT2D eigenvalue weighted by Gasteiger charge is 2.25. The first-order valence-corrected chi connectivity index (χ1v) is 7.36. The molecule has 1 fully saturated rings. The van der Waals surface area contributed by atoms with E-state index in [0.717, 1.165) is 18.8 Å². The molecule has 5 nitrogen and oxygen atoms in total. The molecule has 21 heavy (non-hydrogen) atoms. The first-order valence-electron chi connectivity index (χ1n) is 6.98. The predicted molar refractivity (Wildman–Crippen MR) is 81.9 cm³/mol. The topological polar surface area (TPSA) is 50.2 Å². The summed E-state index contributed by atoms with van der Waals surface area (Å²) in [5.74, 6) is -0.0234. The van der Waals surface area contributed by atoms with Crippen molar-refractivity contribution in [1.82, 2.24) is 20.0 Å². The molecule has 1 saturated heterocycles. The van der Waals surface area contributed by atoms with Gasteiger partial charge in [-0.25, -0.2) is 4.68 Å². The smallest absolute Gasteiger partial charge is 0.274 e. The SMILES string of the molecule is CC1CNCCN1C(=O)c1ccn(-c2cccc(Cl)c2)n1. The Morgan fingerprint density at radius 1 is 1.43 bits per heavy atom. The lowest BCUT2D eigenvalue weighted by atomic mass is 10.2. The standard InChI is InChI=1S/C15H17ClN4O/c1-11-10-17-6-8-19(11)15(21)14-5-7-20(18-14)13-4-2-3-12(16)9-13/h2-5,7,9,11,17H,6,8,10H2,1H3. The summed E-state index contributed by atoms with van der Waals surface area (Å²) in [6, 6.07) is 9.32. The molecule has 1 N–H and O–H groups in total. The molecule has 1 aromatic carbocycles. The lowest BCUT2D eigenvalue weighted by Gasteiger charge is -2.33. The van der Waals surface area contributed by atoms with E-state index in [4.69, 9.17) is 11.6 Å². The molecular formula is C15H17ClN4O. The van der Waals surface area contributed by atoms with Gasteiger partial charge in [0.1, 0.15) is 0 Å². The largest absolute Gasteiger partial charge is 0.332 e. The Balaban J connectivity index is 1.83. The van der Waals surface area contributed by atoms with Crippen LogP contribution in [0.2, 0.25) is 5.02 Å². The fraction of sp³-hybridized carbons (Fsp3) is 0.333. The molecule has 0 spiro atoms. The van der Waals surface area contributed by atoms with Gasteiger partial charge in [-0.3, -0.25) is 4.79 Å². The van der Waals surface area contributed by atoms with E-state index in [2.05, 4.69) is 10.4 Å². The van der Waals surface area contributed by atoms with Crippen LogP contribution >= 0.6 is 11.6 Å². The average Bonchev–Trinajstić information content (AvgIpc) is 2.97. The number of amides is 1. The molecule has 1 aliphatic heterocycles. The second-order valence-electron chi connectivity index (χ2n) is 5.18. The third-order valence-corrected chi connectivity index (χ3v) is 3.88. The Morgan fingerprint density at radius 3 is 3.05 bits per heavy atom. The zero-order valence-corrected chi connectivity index (χ0v) is 12.5. The van der Waals surface area contributed by atoms with Crippen molar-refractivity contribution in [2.75, 3.05) is 19.6 Å². The molecule has 0 radical (unpaired) electrons. The summed E-state index contributed by atoms with van der Waals surface area (Å²) in [5, 5.41) is 8.30. The van der Waals surface area contributed by atoms with Gasteiger partial charge < -0.3 is 10.2 Å². The Bertz CT molecular complexity index is 655. The summed E-state index contributed by atoms with van der Waals surface area (Å²) >= 11 is 5.98. The normalized spacial score (nSPS) is 18.8. The van der Waals surface area contributed by atoms with Crippen molar-refractivity contribution >= 4 is 17.5 Å². The van der Waals surface area contributed by atoms with Crippen LogP contribution in [0.25, 0.3) is 5.69 Å². The van der Waals surface area contributed by atoms with Crippen LogP contribution in [0.3, 0.4) is 0 Å². The first-order chi connectivity index (χ1) is 10.1. The predicted octanol–water partition coefficient (Wildman–Crippen LogP) is 1.96. The van der Waals surface area contributed by atoms with Crippen LogP contribution < -0.4 is 5.32 Å². The van der Waals surface area contributed by atoms with Crippen molar-refractivity contribution in [2.24, 2.45) is 0 Å². The average molecular weight is 305 g/mol. The molecule has 1 atom stereocenters. The summed E-state index contributed by atoms with van der Waals surface area (Å²) in [4.78, 5) is 14.4. The number of halogens is 1. The van der Waals surface area contributed by atoms with Gasteiger partial charge in [-0.05, 0) is 31.2 Å². The number of nitrogens with zero attached hydrogens (tertiary/aromatic N) is 3. The van der Waals surface area contributed by atoms with E-state index in [1.165, 1.54) is 0 Å². The highest BCUT2D eigenvalue weighted by molar-refractivity contribution is 6.30. The molecule has 3 rings (SSSR count). The van der Waals surface area contributed by atoms with Crippen LogP contribution in [-0.4, -0.2) is 46.3 Å². The zero-order chi connectivity index (χ0) is 14.8. The second kappa shape index (κ2) is 5.87. The second-order valence-corrected chi connectivity index (χ2v) is 5.61. The Morgan fingerprint density at radius 2 is 2.29 bits per heavy atom. The minimum Gasteiger partial charge on any atom is -0.332 e. The van der Waals surface area contributed by atoms with Gasteiger partial charge in [0.25, 0.3) is 5.91 Å². The molecule has 1 unspecified atom stereocenters. The quantitative estimate of drug-likeness (QED) is 0.923. The number of aromatic nitrogens is 2. The summed E-state index contributed by atoms with van der Waals surface area (Å²) in [6.07, 6.45) is 1.78. The number of benzene rings is 1. The Labute approximate surface area is 128 Å². The maximum atomic E-state index is 12.5. The molecule has 1 amide bonds. The van der Waals surface area contributed by atoms with Gasteiger partial charge in [0.15, 0.2) is 5.69 Å². The van der Waals surface area contributed by atoms with Crippen LogP contribution in [0.15, 0.2) is 36.5 Å². The zero-order valence-electron chi connectivity index (χ0n) is 11.8. The van der Waals surface area contributed by atoms with Crippen LogP contribution in [-0.2, 0) is 0 Å². The fourth-order valence-electron chi connectivity index (χ4n) is 2.49. The monoisotopic (exact) mass is 304 g/mol. The Hall–Kier alpha value is -1.85. The number of hydrogen-bond donors (Lipinski definition) is 1. The number of piperazine rings is 1. The summed E-state index contributed by atoms with van der Waals surface area (Å²) < 4.78 is 1.67. The van der Waals surface area contributed by atoms with Gasteiger partial charge in [0, 0.05) is 36.9 Å². The molecule has 2 heterocycles. The molecule has 0 aliphatic carbocycles. The van der Waals surface area contributed by atoms with Gasteiger partial charge in [-0.15, -0.1) is 0 Å². The highest BCUT2D eigenvalue weighted by atomic mass is 35.5. The Kier molecular flexibility index (Phi) is 3.94. The minimum absolute atomic E-state index is 0.0234. The third-order valence-electron chi connectivity index (χ3n) is 3.64. The van der Waals surface area contributed by atoms with Crippen molar-refractivity contribution in [3.8, 4) is 5.69 Å². The molecule has 0 bridgehead atoms. The summed E-state index contributed by atoms with van der Waals surface area (Å²) in [6.45, 7) is 4.40. The van der Waals surface area contributed by atoms with Gasteiger partial charge in [0.2, 0.25) is 0 Å². The fourth-order valence-corrected chi connectivity index (χ4v) is 2.67. The molecule has 110 valence electrons. The summed E-state index contributed by atoms with van der Waals surface area (Å²) in [7, 11) is 0. The number of hydrogen-bond acceptors (Lipinski definition) is 3. The lowest BCUT2D eigenvalue weighted by molar-refractivity contribution is 0.0649. The first kappa shape index (κ1) is 14.1. The number of carbonyl (C=O) groups is 1. The molecule has 2 aromatic rings. The molecule has 0 saturated carbocycles. The van der Waals surface area contributed by atoms with Crippen LogP contribution in [0.5, 0.6) is 0 Å². The van der Waals surface area contributed by atoms with Gasteiger partial charge in [-0.1, -0.05) is 17.7 Å². The number of nitrogens with one attached hydrogen (secondary N) is 1. The van der Waals surface area contributed by atoms with Gasteiger partial charge >= 0.3 is 0 Å². The van der Waals surface area contributed by atoms with E-state index in [0.29, 0.717) is 17.3 Å². The van der Waals surface area contributed by atoms with Crippen molar-refractivity contribution < 1.29 is 4.79 Å². The van der Waals surface area contributed by atoms with Crippen molar-refractivity contribution in [3.05, 3.63) is 47.2 Å². The summed E-state index contributed by atoms with van der Waals surface area (Å²) in [5.41, 5.74) is 1.30. The van der Waals surface area contributed by atoms with Crippen molar-refractivity contribution in [2.45, 2.75) is 13.0 Å². The number of rotatable bonds is 2. The minimum atomic E-state index is -0.0234. The lowest BCUT2D eigenvalue weighted by Crippen LogP contribution is -2.52. The van der Waals surface area contributed by atoms with Gasteiger partial charge in [-0.2, -0.15) is 5.10 Å². The van der Waals surface area contributed by atoms with Crippen LogP contribution in [0.1, 0.15) is 17.4 Å². The van der Waals surface area contributed by atoms with Crippen molar-refractivity contribution in [3.63, 3.8) is 0 Å². The maximum Gasteiger partial charge on any atom is 0.274 e. The molecule has 6 heteroatoms. The highest BCUT2D eigenvalue weighted by Crippen LogP contribution is 2.15.